The molecule has 0 bridgehead atoms. The van der Waals surface area contributed by atoms with Crippen molar-refractivity contribution >= 4 is 33.5 Å². The Kier molecular flexibility index (Phi) is 5.26. The number of benzene rings is 1. The fourth-order valence-electron chi connectivity index (χ4n) is 1.48. The van der Waals surface area contributed by atoms with Crippen LogP contribution in [0, 0.1) is 5.82 Å². The number of nitrogens with one attached hydrogen (secondary N) is 2. The summed E-state index contributed by atoms with van der Waals surface area (Å²) in [6.45, 7) is 1.25. The molecule has 1 aromatic carbocycles. The van der Waals surface area contributed by atoms with Gasteiger partial charge in [-0.05, 0) is 19.1 Å². The number of carbonyl (C=O) groups excluding carboxylic acids is 1. The Morgan fingerprint density at radius 3 is 2.43 bits per heavy atom. The van der Waals surface area contributed by atoms with E-state index >= 15 is 0 Å². The number of amides is 1. The number of likely N-dealkylation sites (N-methyl/N-ethyl adjacent to an activating group) is 1. The summed E-state index contributed by atoms with van der Waals surface area (Å²) in [6, 6.07) is 0.384. The minimum absolute atomic E-state index is 0.262. The van der Waals surface area contributed by atoms with E-state index in [-0.39, 0.29) is 5.02 Å². The van der Waals surface area contributed by atoms with E-state index < -0.39 is 44.2 Å². The average molecular weight is 339 g/mol. The number of aromatic carboxylic acids is 1. The van der Waals surface area contributed by atoms with Crippen LogP contribution in [-0.4, -0.2) is 38.5 Å². The maximum Gasteiger partial charge on any atom is 0.338 e. The van der Waals surface area contributed by atoms with Gasteiger partial charge in [0.1, 0.15) is 4.90 Å². The normalized spacial score (nSPS) is 12.8. The van der Waals surface area contributed by atoms with Crippen LogP contribution in [-0.2, 0) is 14.8 Å². The highest BCUT2D eigenvalue weighted by Crippen LogP contribution is 2.24. The highest BCUT2D eigenvalue weighted by atomic mass is 35.5. The first-order valence-electron chi connectivity index (χ1n) is 5.56. The van der Waals surface area contributed by atoms with Crippen molar-refractivity contribution in [3.8, 4) is 0 Å². The van der Waals surface area contributed by atoms with Crippen LogP contribution in [0.25, 0.3) is 0 Å². The van der Waals surface area contributed by atoms with E-state index in [1.807, 2.05) is 4.72 Å². The molecule has 0 aliphatic rings. The van der Waals surface area contributed by atoms with Crippen LogP contribution < -0.4 is 10.0 Å². The first-order chi connectivity index (χ1) is 9.60. The van der Waals surface area contributed by atoms with Crippen molar-refractivity contribution in [3.05, 3.63) is 28.5 Å². The third-order valence-corrected chi connectivity index (χ3v) is 4.25. The summed E-state index contributed by atoms with van der Waals surface area (Å²) in [5.74, 6) is -3.76. The lowest BCUT2D eigenvalue weighted by atomic mass is 10.2. The molecule has 3 N–H and O–H groups in total. The van der Waals surface area contributed by atoms with Crippen LogP contribution in [0.2, 0.25) is 5.02 Å². The second kappa shape index (κ2) is 6.37. The lowest BCUT2D eigenvalue weighted by molar-refractivity contribution is -0.121. The van der Waals surface area contributed by atoms with Crippen molar-refractivity contribution in [1.29, 1.82) is 0 Å². The molecule has 10 heteroatoms. The number of rotatable bonds is 5. The molecule has 0 saturated carbocycles. The van der Waals surface area contributed by atoms with Gasteiger partial charge < -0.3 is 10.4 Å². The van der Waals surface area contributed by atoms with Crippen LogP contribution in [0.3, 0.4) is 0 Å². The molecule has 0 aromatic heterocycles. The Bertz CT molecular complexity index is 692. The molecule has 0 fully saturated rings. The quantitative estimate of drug-likeness (QED) is 0.727. The van der Waals surface area contributed by atoms with Crippen molar-refractivity contribution in [2.24, 2.45) is 0 Å². The van der Waals surface area contributed by atoms with Gasteiger partial charge in [-0.3, -0.25) is 4.79 Å². The highest BCUT2D eigenvalue weighted by molar-refractivity contribution is 7.89. The number of carboxylic acids is 1. The minimum atomic E-state index is -4.46. The van der Waals surface area contributed by atoms with Crippen molar-refractivity contribution in [2.75, 3.05) is 7.05 Å². The summed E-state index contributed by atoms with van der Waals surface area (Å²) in [6.07, 6.45) is 0. The van der Waals surface area contributed by atoms with Crippen molar-refractivity contribution in [1.82, 2.24) is 10.0 Å². The molecule has 0 saturated heterocycles. The molecular formula is C11H12ClFN2O5S. The number of carbonyl (C=O) groups is 2. The predicted molar refractivity (Wildman–Crippen MR) is 72.2 cm³/mol. The van der Waals surface area contributed by atoms with Crippen molar-refractivity contribution < 1.29 is 27.5 Å². The molecule has 1 unspecified atom stereocenters. The molecule has 1 rings (SSSR count). The summed E-state index contributed by atoms with van der Waals surface area (Å²) >= 11 is 5.60. The monoisotopic (exact) mass is 338 g/mol. The summed E-state index contributed by atoms with van der Waals surface area (Å²) < 4.78 is 40.0. The van der Waals surface area contributed by atoms with Gasteiger partial charge >= 0.3 is 5.97 Å². The molecule has 0 aliphatic heterocycles. The van der Waals surface area contributed by atoms with E-state index in [1.54, 1.807) is 0 Å². The van der Waals surface area contributed by atoms with Crippen LogP contribution >= 0.6 is 11.6 Å². The average Bonchev–Trinajstić information content (AvgIpc) is 2.38. The Labute approximate surface area is 125 Å². The molecule has 1 amide bonds. The van der Waals surface area contributed by atoms with Gasteiger partial charge in [0.05, 0.1) is 11.6 Å². The van der Waals surface area contributed by atoms with Gasteiger partial charge in [0.2, 0.25) is 15.9 Å². The van der Waals surface area contributed by atoms with E-state index in [2.05, 4.69) is 5.32 Å². The Hall–Kier alpha value is -1.71. The zero-order valence-electron chi connectivity index (χ0n) is 11.0. The largest absolute Gasteiger partial charge is 0.478 e. The van der Waals surface area contributed by atoms with Crippen molar-refractivity contribution in [3.63, 3.8) is 0 Å². The summed E-state index contributed by atoms with van der Waals surface area (Å²) in [5.41, 5.74) is -0.879. The maximum atomic E-state index is 14.0. The Morgan fingerprint density at radius 1 is 1.38 bits per heavy atom. The van der Waals surface area contributed by atoms with E-state index in [1.165, 1.54) is 14.0 Å². The van der Waals surface area contributed by atoms with Crippen molar-refractivity contribution in [2.45, 2.75) is 17.9 Å². The molecule has 0 heterocycles. The van der Waals surface area contributed by atoms with E-state index in [4.69, 9.17) is 16.7 Å². The Balaban J connectivity index is 3.32. The maximum absolute atomic E-state index is 14.0. The zero-order chi connectivity index (χ0) is 16.4. The lowest BCUT2D eigenvalue weighted by Crippen LogP contribution is -2.43. The predicted octanol–water partition coefficient (Wildman–Crippen LogP) is 0.590. The first-order valence-corrected chi connectivity index (χ1v) is 7.42. The lowest BCUT2D eigenvalue weighted by Gasteiger charge is -2.14. The molecule has 21 heavy (non-hydrogen) atoms. The fourth-order valence-corrected chi connectivity index (χ4v) is 3.09. The van der Waals surface area contributed by atoms with Gasteiger partial charge in [0.25, 0.3) is 0 Å². The number of hydrogen-bond acceptors (Lipinski definition) is 4. The molecule has 0 aliphatic carbocycles. The summed E-state index contributed by atoms with van der Waals surface area (Å²) in [4.78, 5) is 21.2. The van der Waals surface area contributed by atoms with Gasteiger partial charge in [0, 0.05) is 12.1 Å². The van der Waals surface area contributed by atoms with Crippen LogP contribution in [0.15, 0.2) is 17.0 Å². The molecule has 0 spiro atoms. The highest BCUT2D eigenvalue weighted by Gasteiger charge is 2.28. The third-order valence-electron chi connectivity index (χ3n) is 2.50. The number of hydrogen-bond donors (Lipinski definition) is 3. The van der Waals surface area contributed by atoms with Gasteiger partial charge in [-0.1, -0.05) is 11.6 Å². The zero-order valence-corrected chi connectivity index (χ0v) is 12.5. The summed E-state index contributed by atoms with van der Waals surface area (Å²) in [5, 5.41) is 10.8. The fraction of sp³-hybridized carbons (Fsp3) is 0.273. The van der Waals surface area contributed by atoms with Gasteiger partial charge in [-0.2, -0.15) is 4.72 Å². The smallest absolute Gasteiger partial charge is 0.338 e. The van der Waals surface area contributed by atoms with Crippen LogP contribution in [0.5, 0.6) is 0 Å². The summed E-state index contributed by atoms with van der Waals surface area (Å²) in [7, 11) is -3.16. The van der Waals surface area contributed by atoms with Gasteiger partial charge in [-0.25, -0.2) is 17.6 Å². The second-order valence-electron chi connectivity index (χ2n) is 4.03. The third kappa shape index (κ3) is 3.90. The van der Waals surface area contributed by atoms with E-state index in [0.717, 1.165) is 12.1 Å². The Morgan fingerprint density at radius 2 is 1.95 bits per heavy atom. The van der Waals surface area contributed by atoms with E-state index in [9.17, 15) is 22.4 Å². The molecule has 7 nitrogen and oxygen atoms in total. The number of carboxylic acid groups (broad SMARTS) is 1. The topological polar surface area (TPSA) is 113 Å². The molecule has 1 atom stereocenters. The number of halogens is 2. The molecule has 116 valence electrons. The van der Waals surface area contributed by atoms with E-state index in [0.29, 0.717) is 0 Å². The molecule has 0 radical (unpaired) electrons. The standard InChI is InChI=1S/C11H12ClFN2O5S/c1-5(10(16)14-2)15-21(19,20)8-4-6(12)3-7(9(8)13)11(17)18/h3-5,15H,1-2H3,(H,14,16)(H,17,18). The van der Waals surface area contributed by atoms with Gasteiger partial charge in [-0.15, -0.1) is 0 Å². The van der Waals surface area contributed by atoms with Crippen LogP contribution in [0.1, 0.15) is 17.3 Å². The molecular weight excluding hydrogens is 327 g/mol. The second-order valence-corrected chi connectivity index (χ2v) is 6.15. The SMILES string of the molecule is CNC(=O)C(C)NS(=O)(=O)c1cc(Cl)cc(C(=O)O)c1F. The minimum Gasteiger partial charge on any atom is -0.478 e. The molecule has 1 aromatic rings. The van der Waals surface area contributed by atoms with Gasteiger partial charge in [0.15, 0.2) is 5.82 Å². The van der Waals surface area contributed by atoms with Crippen LogP contribution in [0.4, 0.5) is 4.39 Å². The number of sulfonamides is 1. The first kappa shape index (κ1) is 17.3.